The molecule has 1 unspecified atom stereocenters. The summed E-state index contributed by atoms with van der Waals surface area (Å²) in [5.74, 6) is 0. The maximum absolute atomic E-state index is 10.6. The Balaban J connectivity index is 2.53. The van der Waals surface area contributed by atoms with Crippen LogP contribution in [-0.4, -0.2) is 19.1 Å². The molecule has 0 aliphatic carbocycles. The van der Waals surface area contributed by atoms with E-state index in [9.17, 15) is 4.79 Å². The zero-order valence-electron chi connectivity index (χ0n) is 9.08. The predicted molar refractivity (Wildman–Crippen MR) is 61.9 cm³/mol. The van der Waals surface area contributed by atoms with Crippen molar-refractivity contribution in [1.82, 2.24) is 5.32 Å². The number of hydrogen-bond acceptors (Lipinski definition) is 2. The zero-order valence-corrected chi connectivity index (χ0v) is 9.08. The van der Waals surface area contributed by atoms with Crippen molar-refractivity contribution in [2.45, 2.75) is 19.4 Å². The number of urea groups is 1. The Kier molecular flexibility index (Phi) is 3.97. The van der Waals surface area contributed by atoms with Gasteiger partial charge in [-0.2, -0.15) is 0 Å². The van der Waals surface area contributed by atoms with Gasteiger partial charge in [0, 0.05) is 18.8 Å². The summed E-state index contributed by atoms with van der Waals surface area (Å²) in [6.07, 6.45) is 0.785. The minimum Gasteiger partial charge on any atom is -0.388 e. The van der Waals surface area contributed by atoms with Crippen molar-refractivity contribution in [2.24, 2.45) is 5.73 Å². The molecule has 0 spiro atoms. The van der Waals surface area contributed by atoms with Gasteiger partial charge in [0.1, 0.15) is 0 Å². The number of primary amides is 1. The molecule has 0 bridgehead atoms. The normalized spacial score (nSPS) is 11.9. The molecule has 0 aliphatic heterocycles. The summed E-state index contributed by atoms with van der Waals surface area (Å²) in [4.78, 5) is 10.6. The number of benzene rings is 1. The average Bonchev–Trinajstić information content (AvgIpc) is 2.17. The van der Waals surface area contributed by atoms with Gasteiger partial charge >= 0.3 is 6.03 Å². The Labute approximate surface area is 89.9 Å². The highest BCUT2D eigenvalue weighted by atomic mass is 16.2. The van der Waals surface area contributed by atoms with Crippen LogP contribution < -0.4 is 16.4 Å². The third kappa shape index (κ3) is 3.89. The number of carbonyl (C=O) groups excluding carboxylic acids is 1. The van der Waals surface area contributed by atoms with E-state index in [0.29, 0.717) is 0 Å². The molecular formula is C11H17N3O. The first kappa shape index (κ1) is 11.4. The Morgan fingerprint density at radius 1 is 1.40 bits per heavy atom. The van der Waals surface area contributed by atoms with E-state index in [4.69, 9.17) is 5.73 Å². The second kappa shape index (κ2) is 5.24. The first-order valence-corrected chi connectivity index (χ1v) is 4.94. The highest BCUT2D eigenvalue weighted by Gasteiger charge is 2.04. The molecular weight excluding hydrogens is 190 g/mol. The van der Waals surface area contributed by atoms with Crippen LogP contribution in [0.5, 0.6) is 0 Å². The van der Waals surface area contributed by atoms with Crippen molar-refractivity contribution in [2.75, 3.05) is 12.4 Å². The fourth-order valence-electron chi connectivity index (χ4n) is 1.45. The number of nitrogens with two attached hydrogens (primary N) is 1. The maximum Gasteiger partial charge on any atom is 0.312 e. The maximum atomic E-state index is 10.6. The lowest BCUT2D eigenvalue weighted by Gasteiger charge is -2.12. The Morgan fingerprint density at radius 3 is 2.47 bits per heavy atom. The monoisotopic (exact) mass is 207 g/mol. The largest absolute Gasteiger partial charge is 0.388 e. The van der Waals surface area contributed by atoms with Crippen molar-refractivity contribution in [3.05, 3.63) is 29.8 Å². The molecule has 4 N–H and O–H groups in total. The predicted octanol–water partition coefficient (Wildman–Crippen LogP) is 1.33. The van der Waals surface area contributed by atoms with Crippen molar-refractivity contribution in [3.63, 3.8) is 0 Å². The van der Waals surface area contributed by atoms with Crippen LogP contribution in [0.15, 0.2) is 24.3 Å². The summed E-state index contributed by atoms with van der Waals surface area (Å²) < 4.78 is 0. The van der Waals surface area contributed by atoms with Gasteiger partial charge in [0.25, 0.3) is 0 Å². The van der Waals surface area contributed by atoms with E-state index in [-0.39, 0.29) is 6.04 Å². The Morgan fingerprint density at radius 2 is 2.00 bits per heavy atom. The van der Waals surface area contributed by atoms with Crippen molar-refractivity contribution >= 4 is 11.7 Å². The van der Waals surface area contributed by atoms with E-state index in [0.717, 1.165) is 12.1 Å². The number of nitrogens with one attached hydrogen (secondary N) is 2. The molecule has 1 atom stereocenters. The van der Waals surface area contributed by atoms with E-state index >= 15 is 0 Å². The molecule has 0 heterocycles. The number of carbonyl (C=O) groups is 1. The van der Waals surface area contributed by atoms with E-state index in [2.05, 4.69) is 10.6 Å². The van der Waals surface area contributed by atoms with Gasteiger partial charge in [-0.05, 0) is 31.0 Å². The molecule has 4 nitrogen and oxygen atoms in total. The van der Waals surface area contributed by atoms with Crippen LogP contribution in [0.25, 0.3) is 0 Å². The number of rotatable bonds is 4. The molecule has 4 heteroatoms. The minimum absolute atomic E-state index is 0.0583. The van der Waals surface area contributed by atoms with Gasteiger partial charge in [0.05, 0.1) is 0 Å². The standard InChI is InChI=1S/C11H17N3O/c1-8(14-11(12)15)7-9-3-5-10(13-2)6-4-9/h3-6,8,13H,7H2,1-2H3,(H3,12,14,15). The van der Waals surface area contributed by atoms with Crippen LogP contribution in [0, 0.1) is 0 Å². The van der Waals surface area contributed by atoms with Crippen LogP contribution in [0.4, 0.5) is 10.5 Å². The highest BCUT2D eigenvalue weighted by Crippen LogP contribution is 2.10. The van der Waals surface area contributed by atoms with Gasteiger partial charge in [-0.15, -0.1) is 0 Å². The fourth-order valence-corrected chi connectivity index (χ4v) is 1.45. The summed E-state index contributed by atoms with van der Waals surface area (Å²) in [6.45, 7) is 1.93. The molecule has 0 saturated heterocycles. The molecule has 0 fully saturated rings. The Bertz CT molecular complexity index is 321. The third-order valence-electron chi connectivity index (χ3n) is 2.17. The van der Waals surface area contributed by atoms with Crippen molar-refractivity contribution in [3.8, 4) is 0 Å². The SMILES string of the molecule is CNc1ccc(CC(C)NC(N)=O)cc1. The smallest absolute Gasteiger partial charge is 0.312 e. The second-order valence-electron chi connectivity index (χ2n) is 3.56. The number of amides is 2. The number of anilines is 1. The molecule has 0 aromatic heterocycles. The lowest BCUT2D eigenvalue weighted by molar-refractivity contribution is 0.246. The van der Waals surface area contributed by atoms with Gasteiger partial charge in [-0.25, -0.2) is 4.79 Å². The van der Waals surface area contributed by atoms with Crippen LogP contribution in [0.1, 0.15) is 12.5 Å². The van der Waals surface area contributed by atoms with Crippen molar-refractivity contribution in [1.29, 1.82) is 0 Å². The highest BCUT2D eigenvalue weighted by molar-refractivity contribution is 5.71. The molecule has 82 valence electrons. The topological polar surface area (TPSA) is 67.2 Å². The van der Waals surface area contributed by atoms with Crippen LogP contribution in [-0.2, 0) is 6.42 Å². The zero-order chi connectivity index (χ0) is 11.3. The quantitative estimate of drug-likeness (QED) is 0.697. The molecule has 0 radical (unpaired) electrons. The van der Waals surface area contributed by atoms with Gasteiger partial charge in [0.15, 0.2) is 0 Å². The first-order valence-electron chi connectivity index (χ1n) is 4.94. The minimum atomic E-state index is -0.477. The summed E-state index contributed by atoms with van der Waals surface area (Å²) in [7, 11) is 1.88. The second-order valence-corrected chi connectivity index (χ2v) is 3.56. The third-order valence-corrected chi connectivity index (χ3v) is 2.17. The average molecular weight is 207 g/mol. The van der Waals surface area contributed by atoms with Gasteiger partial charge in [-0.3, -0.25) is 0 Å². The Hall–Kier alpha value is -1.71. The first-order chi connectivity index (χ1) is 7.11. The van der Waals surface area contributed by atoms with Crippen LogP contribution in [0.3, 0.4) is 0 Å². The van der Waals surface area contributed by atoms with E-state index in [1.165, 1.54) is 5.56 Å². The lowest BCUT2D eigenvalue weighted by Crippen LogP contribution is -2.37. The summed E-state index contributed by atoms with van der Waals surface area (Å²) in [5.41, 5.74) is 7.29. The molecule has 15 heavy (non-hydrogen) atoms. The van der Waals surface area contributed by atoms with E-state index in [1.54, 1.807) is 0 Å². The molecule has 0 saturated carbocycles. The van der Waals surface area contributed by atoms with Gasteiger partial charge in [0.2, 0.25) is 0 Å². The fraction of sp³-hybridized carbons (Fsp3) is 0.364. The van der Waals surface area contributed by atoms with Crippen molar-refractivity contribution < 1.29 is 4.79 Å². The summed E-state index contributed by atoms with van der Waals surface area (Å²) in [6, 6.07) is 7.66. The van der Waals surface area contributed by atoms with Crippen LogP contribution in [0.2, 0.25) is 0 Å². The molecule has 1 aromatic carbocycles. The summed E-state index contributed by atoms with van der Waals surface area (Å²) >= 11 is 0. The number of hydrogen-bond donors (Lipinski definition) is 3. The van der Waals surface area contributed by atoms with E-state index in [1.807, 2.05) is 38.2 Å². The molecule has 1 rings (SSSR count). The van der Waals surface area contributed by atoms with E-state index < -0.39 is 6.03 Å². The van der Waals surface area contributed by atoms with Gasteiger partial charge < -0.3 is 16.4 Å². The molecule has 1 aromatic rings. The summed E-state index contributed by atoms with van der Waals surface area (Å²) in [5, 5.41) is 5.69. The van der Waals surface area contributed by atoms with Crippen LogP contribution >= 0.6 is 0 Å². The van der Waals surface area contributed by atoms with Gasteiger partial charge in [-0.1, -0.05) is 12.1 Å². The molecule has 2 amide bonds. The molecule has 0 aliphatic rings. The lowest BCUT2D eigenvalue weighted by atomic mass is 10.1.